The summed E-state index contributed by atoms with van der Waals surface area (Å²) in [7, 11) is 0. The molecule has 3 aliphatic carbocycles. The summed E-state index contributed by atoms with van der Waals surface area (Å²) in [4.78, 5) is 0. The van der Waals surface area contributed by atoms with Crippen LogP contribution in [0.5, 0.6) is 0 Å². The van der Waals surface area contributed by atoms with Crippen LogP contribution in [-0.2, 0) is 51.4 Å². The van der Waals surface area contributed by atoms with E-state index in [1.165, 1.54) is 113 Å². The smallest absolute Gasteiger partial charge is 0.000685 e. The molecule has 9 rings (SSSR count). The number of fused-ring (bicyclic) bond motifs is 9. The maximum Gasteiger partial charge on any atom is -0.000685 e. The lowest BCUT2D eigenvalue weighted by Crippen LogP contribution is -2.10. The van der Waals surface area contributed by atoms with Gasteiger partial charge in [-0.05, 0) is 200 Å². The van der Waals surface area contributed by atoms with Crippen molar-refractivity contribution in [1.82, 2.24) is 0 Å². The van der Waals surface area contributed by atoms with Crippen LogP contribution < -0.4 is 0 Å². The second kappa shape index (κ2) is 16.8. The van der Waals surface area contributed by atoms with Crippen LogP contribution in [0.3, 0.4) is 0 Å². The Kier molecular flexibility index (Phi) is 11.3. The van der Waals surface area contributed by atoms with E-state index in [4.69, 9.17) is 0 Å². The third-order valence-corrected chi connectivity index (χ3v) is 14.8. The van der Waals surface area contributed by atoms with Crippen molar-refractivity contribution in [3.8, 4) is 55.6 Å². The van der Waals surface area contributed by atoms with Gasteiger partial charge in [0.05, 0.1) is 0 Å². The predicted molar refractivity (Wildman–Crippen MR) is 255 cm³/mol. The molecular weight excluding hydrogens is 709 g/mol. The average molecular weight is 775 g/mol. The van der Waals surface area contributed by atoms with Gasteiger partial charge in [0.15, 0.2) is 0 Å². The maximum absolute atomic E-state index is 2.60. The molecule has 0 nitrogen and oxygen atoms in total. The van der Waals surface area contributed by atoms with Gasteiger partial charge in [-0.15, -0.1) is 0 Å². The first-order valence-corrected chi connectivity index (χ1v) is 23.7. The van der Waals surface area contributed by atoms with Gasteiger partial charge in [0, 0.05) is 0 Å². The fraction of sp³-hybridized carbons (Fsp3) is 0.390. The molecule has 0 radical (unpaired) electrons. The minimum atomic E-state index is 1.01. The molecule has 0 saturated heterocycles. The predicted octanol–water partition coefficient (Wildman–Crippen LogP) is 16.3. The lowest BCUT2D eigenvalue weighted by atomic mass is 9.73. The summed E-state index contributed by atoms with van der Waals surface area (Å²) in [5.74, 6) is 0. The van der Waals surface area contributed by atoms with Gasteiger partial charge in [0.1, 0.15) is 0 Å². The second-order valence-electron chi connectivity index (χ2n) is 18.1. The Hall–Kier alpha value is -4.68. The van der Waals surface area contributed by atoms with E-state index in [9.17, 15) is 0 Å². The monoisotopic (exact) mass is 775 g/mol. The van der Waals surface area contributed by atoms with Crippen molar-refractivity contribution in [3.05, 3.63) is 151 Å². The highest BCUT2D eigenvalue weighted by Gasteiger charge is 2.37. The van der Waals surface area contributed by atoms with E-state index in [1.54, 1.807) is 66.8 Å². The first-order valence-electron chi connectivity index (χ1n) is 23.7. The van der Waals surface area contributed by atoms with Crippen molar-refractivity contribution < 1.29 is 0 Å². The molecule has 0 atom stereocenters. The normalized spacial score (nSPS) is 13.0. The third-order valence-electron chi connectivity index (χ3n) is 14.8. The summed E-state index contributed by atoms with van der Waals surface area (Å²) in [6.45, 7) is 16.9. The molecule has 0 saturated carbocycles. The Balaban J connectivity index is 1.40. The fourth-order valence-corrected chi connectivity index (χ4v) is 12.0. The number of hydrogen-bond acceptors (Lipinski definition) is 0. The van der Waals surface area contributed by atoms with Gasteiger partial charge >= 0.3 is 0 Å². The SMILES string of the molecule is CCCCCCCCCCc1c(C)c2c(c(-c3c(CC)c(CC)cc4c3Cc3ccccc3-4)c1-c1c(CC)c(CC)cc3c1Cc1ccccc1-3)Cc1cccc(C)c1-2. The first kappa shape index (κ1) is 39.8. The number of aryl methyl sites for hydroxylation is 3. The molecule has 0 amide bonds. The summed E-state index contributed by atoms with van der Waals surface area (Å²) >= 11 is 0. The van der Waals surface area contributed by atoms with Crippen LogP contribution in [0, 0.1) is 13.8 Å². The molecule has 0 heterocycles. The van der Waals surface area contributed by atoms with Crippen LogP contribution in [0.15, 0.2) is 78.9 Å². The van der Waals surface area contributed by atoms with Gasteiger partial charge in [-0.25, -0.2) is 0 Å². The zero-order valence-corrected chi connectivity index (χ0v) is 37.3. The van der Waals surface area contributed by atoms with Gasteiger partial charge in [0.25, 0.3) is 0 Å². The molecule has 302 valence electrons. The van der Waals surface area contributed by atoms with E-state index in [1.807, 2.05) is 0 Å². The molecular formula is C59H66. The summed E-state index contributed by atoms with van der Waals surface area (Å²) in [6, 6.07) is 30.9. The van der Waals surface area contributed by atoms with Crippen molar-refractivity contribution >= 4 is 0 Å². The molecule has 0 heteroatoms. The molecule has 3 aliphatic rings. The van der Waals surface area contributed by atoms with E-state index in [2.05, 4.69) is 127 Å². The van der Waals surface area contributed by atoms with E-state index in [0.717, 1.165) is 51.4 Å². The molecule has 0 spiro atoms. The van der Waals surface area contributed by atoms with E-state index < -0.39 is 0 Å². The minimum absolute atomic E-state index is 1.01. The standard InChI is InChI=1S/C59H66/c1-8-13-14-15-16-17-18-19-29-46-38(7)55-53(36-43-28-24-25-37(6)54(43)55)59(57-45(12-5)40(10-3)33-50-48-31-23-21-27-42(48)35-52(50)57)58(46)56-44(11-4)39(9-2)32-49-47-30-22-20-26-41(47)34-51(49)56/h20-28,30-33H,8-19,29,34-36H2,1-7H3. The zero-order chi connectivity index (χ0) is 40.8. The molecule has 0 N–H and O–H groups in total. The molecule has 0 unspecified atom stereocenters. The molecule has 0 aromatic heterocycles. The van der Waals surface area contributed by atoms with Gasteiger partial charge in [0.2, 0.25) is 0 Å². The molecule has 0 fully saturated rings. The van der Waals surface area contributed by atoms with Gasteiger partial charge in [-0.1, -0.05) is 158 Å². The van der Waals surface area contributed by atoms with E-state index in [0.29, 0.717) is 0 Å². The van der Waals surface area contributed by atoms with Crippen LogP contribution >= 0.6 is 0 Å². The largest absolute Gasteiger partial charge is 0.0654 e. The topological polar surface area (TPSA) is 0 Å². The zero-order valence-electron chi connectivity index (χ0n) is 37.3. The quantitative estimate of drug-likeness (QED) is 0.0910. The summed E-state index contributed by atoms with van der Waals surface area (Å²) < 4.78 is 0. The summed E-state index contributed by atoms with van der Waals surface area (Å²) in [6.07, 6.45) is 19.1. The van der Waals surface area contributed by atoms with Crippen molar-refractivity contribution in [2.24, 2.45) is 0 Å². The van der Waals surface area contributed by atoms with Crippen molar-refractivity contribution in [3.63, 3.8) is 0 Å². The molecule has 59 heavy (non-hydrogen) atoms. The van der Waals surface area contributed by atoms with Crippen LogP contribution in [0.1, 0.15) is 158 Å². The Morgan fingerprint density at radius 1 is 0.390 bits per heavy atom. The molecule has 6 aromatic carbocycles. The highest BCUT2D eigenvalue weighted by Crippen LogP contribution is 2.57. The Labute approximate surface area is 356 Å². The van der Waals surface area contributed by atoms with Crippen molar-refractivity contribution in [1.29, 1.82) is 0 Å². The molecule has 0 bridgehead atoms. The van der Waals surface area contributed by atoms with Crippen LogP contribution in [0.25, 0.3) is 55.6 Å². The first-order chi connectivity index (χ1) is 28.9. The molecule has 6 aromatic rings. The Bertz CT molecular complexity index is 2570. The van der Waals surface area contributed by atoms with Crippen LogP contribution in [-0.4, -0.2) is 0 Å². The highest BCUT2D eigenvalue weighted by molar-refractivity contribution is 6.04. The number of unbranched alkanes of at least 4 members (excludes halogenated alkanes) is 7. The average Bonchev–Trinajstić information content (AvgIpc) is 3.96. The summed E-state index contributed by atoms with van der Waals surface area (Å²) in [5.41, 5.74) is 35.4. The molecule has 0 aliphatic heterocycles. The van der Waals surface area contributed by atoms with Crippen LogP contribution in [0.2, 0.25) is 0 Å². The second-order valence-corrected chi connectivity index (χ2v) is 18.1. The fourth-order valence-electron chi connectivity index (χ4n) is 12.0. The third kappa shape index (κ3) is 6.65. The highest BCUT2D eigenvalue weighted by atomic mass is 14.4. The van der Waals surface area contributed by atoms with E-state index in [-0.39, 0.29) is 0 Å². The maximum atomic E-state index is 2.60. The lowest BCUT2D eigenvalue weighted by molar-refractivity contribution is 0.575. The van der Waals surface area contributed by atoms with Crippen LogP contribution in [0.4, 0.5) is 0 Å². The van der Waals surface area contributed by atoms with E-state index >= 15 is 0 Å². The summed E-state index contributed by atoms with van der Waals surface area (Å²) in [5, 5.41) is 0. The Morgan fingerprint density at radius 3 is 1.46 bits per heavy atom. The number of hydrogen-bond donors (Lipinski definition) is 0. The number of rotatable bonds is 15. The minimum Gasteiger partial charge on any atom is -0.0654 e. The van der Waals surface area contributed by atoms with Gasteiger partial charge in [-0.3, -0.25) is 0 Å². The van der Waals surface area contributed by atoms with Gasteiger partial charge < -0.3 is 0 Å². The lowest BCUT2D eigenvalue weighted by Gasteiger charge is -2.30. The van der Waals surface area contributed by atoms with Crippen molar-refractivity contribution in [2.45, 2.75) is 151 Å². The van der Waals surface area contributed by atoms with Gasteiger partial charge in [-0.2, -0.15) is 0 Å². The Morgan fingerprint density at radius 2 is 0.898 bits per heavy atom. The van der Waals surface area contributed by atoms with Crippen molar-refractivity contribution in [2.75, 3.05) is 0 Å². The number of benzene rings is 6.